The number of aromatic nitrogens is 2. The number of hydrogen-bond donors (Lipinski definition) is 1. The van der Waals surface area contributed by atoms with E-state index in [1.165, 1.54) is 0 Å². The molecule has 0 amide bonds. The first-order chi connectivity index (χ1) is 10.6. The van der Waals surface area contributed by atoms with Gasteiger partial charge in [-0.25, -0.2) is 4.79 Å². The number of nitrogens with zero attached hydrogens (tertiary/aromatic N) is 2. The second kappa shape index (κ2) is 5.48. The van der Waals surface area contributed by atoms with Gasteiger partial charge in [-0.15, -0.1) is 0 Å². The molecule has 110 valence electrons. The highest BCUT2D eigenvalue weighted by Crippen LogP contribution is 2.29. The van der Waals surface area contributed by atoms with Gasteiger partial charge in [-0.05, 0) is 44.2 Å². The number of aryl methyl sites for hydroxylation is 1. The first-order valence-electron chi connectivity index (χ1n) is 7.01. The summed E-state index contributed by atoms with van der Waals surface area (Å²) >= 11 is 0. The summed E-state index contributed by atoms with van der Waals surface area (Å²) in [5.74, 6) is -0.923. The van der Waals surface area contributed by atoms with E-state index < -0.39 is 5.97 Å². The minimum Gasteiger partial charge on any atom is -0.478 e. The van der Waals surface area contributed by atoms with Gasteiger partial charge in [0.25, 0.3) is 0 Å². The second-order valence-corrected chi connectivity index (χ2v) is 5.25. The maximum atomic E-state index is 11.5. The Labute approximate surface area is 128 Å². The quantitative estimate of drug-likeness (QED) is 0.797. The molecule has 0 aliphatic rings. The van der Waals surface area contributed by atoms with Crippen LogP contribution >= 0.6 is 0 Å². The van der Waals surface area contributed by atoms with E-state index in [0.717, 1.165) is 22.5 Å². The van der Waals surface area contributed by atoms with Gasteiger partial charge in [-0.3, -0.25) is 4.98 Å². The van der Waals surface area contributed by atoms with Gasteiger partial charge in [0.1, 0.15) is 0 Å². The maximum absolute atomic E-state index is 11.5. The van der Waals surface area contributed by atoms with E-state index in [0.29, 0.717) is 11.3 Å². The molecule has 22 heavy (non-hydrogen) atoms. The molecular weight excluding hydrogens is 276 g/mol. The number of carboxylic acids is 1. The van der Waals surface area contributed by atoms with E-state index in [1.807, 2.05) is 54.8 Å². The van der Waals surface area contributed by atoms with Crippen LogP contribution in [-0.4, -0.2) is 20.6 Å². The summed E-state index contributed by atoms with van der Waals surface area (Å²) in [4.78, 5) is 15.6. The zero-order valence-corrected chi connectivity index (χ0v) is 12.4. The molecule has 0 unspecified atom stereocenters. The molecule has 3 aromatic rings. The topological polar surface area (TPSA) is 55.1 Å². The van der Waals surface area contributed by atoms with Gasteiger partial charge < -0.3 is 9.67 Å². The maximum Gasteiger partial charge on any atom is 0.337 e. The molecule has 0 aliphatic carbocycles. The molecule has 0 saturated carbocycles. The summed E-state index contributed by atoms with van der Waals surface area (Å²) in [7, 11) is 0. The largest absolute Gasteiger partial charge is 0.478 e. The minimum atomic E-state index is -0.923. The fourth-order valence-corrected chi connectivity index (χ4v) is 2.58. The predicted octanol–water partition coefficient (Wildman–Crippen LogP) is 3.85. The molecule has 2 aromatic heterocycles. The lowest BCUT2D eigenvalue weighted by atomic mass is 10.2. The number of rotatable bonds is 3. The third-order valence-electron chi connectivity index (χ3n) is 3.73. The van der Waals surface area contributed by atoms with E-state index in [-0.39, 0.29) is 0 Å². The van der Waals surface area contributed by atoms with Crippen LogP contribution in [0.15, 0.2) is 54.9 Å². The van der Waals surface area contributed by atoms with Crippen LogP contribution in [0.3, 0.4) is 0 Å². The molecule has 0 spiro atoms. The van der Waals surface area contributed by atoms with Crippen LogP contribution < -0.4 is 0 Å². The Balaban J connectivity index is 2.27. The zero-order chi connectivity index (χ0) is 15.7. The van der Waals surface area contributed by atoms with E-state index in [4.69, 9.17) is 0 Å². The van der Waals surface area contributed by atoms with Crippen molar-refractivity contribution in [2.24, 2.45) is 0 Å². The monoisotopic (exact) mass is 292 g/mol. The van der Waals surface area contributed by atoms with Gasteiger partial charge in [0.2, 0.25) is 0 Å². The van der Waals surface area contributed by atoms with Crippen LogP contribution in [0, 0.1) is 13.8 Å². The van der Waals surface area contributed by atoms with Crippen molar-refractivity contribution in [1.82, 2.24) is 9.55 Å². The molecule has 0 fully saturated rings. The molecular formula is C18H16N2O2. The van der Waals surface area contributed by atoms with Gasteiger partial charge in [0.05, 0.1) is 11.3 Å². The summed E-state index contributed by atoms with van der Waals surface area (Å²) in [6, 6.07) is 13.5. The SMILES string of the molecule is Cc1ccc(-n2c(-c3cccnc3)cc(C(=O)O)c2C)cc1. The third-order valence-corrected chi connectivity index (χ3v) is 3.73. The number of benzene rings is 1. The highest BCUT2D eigenvalue weighted by atomic mass is 16.4. The molecule has 4 nitrogen and oxygen atoms in total. The second-order valence-electron chi connectivity index (χ2n) is 5.25. The van der Waals surface area contributed by atoms with Crippen molar-refractivity contribution in [1.29, 1.82) is 0 Å². The summed E-state index contributed by atoms with van der Waals surface area (Å²) in [6.45, 7) is 3.85. The van der Waals surface area contributed by atoms with Crippen LogP contribution in [0.25, 0.3) is 16.9 Å². The zero-order valence-electron chi connectivity index (χ0n) is 12.4. The van der Waals surface area contributed by atoms with Crippen LogP contribution in [0.5, 0.6) is 0 Å². The molecule has 3 rings (SSSR count). The van der Waals surface area contributed by atoms with Gasteiger partial charge in [-0.1, -0.05) is 17.7 Å². The lowest BCUT2D eigenvalue weighted by Crippen LogP contribution is -2.02. The molecule has 0 atom stereocenters. The molecule has 1 aromatic carbocycles. The molecule has 1 N–H and O–H groups in total. The van der Waals surface area contributed by atoms with Gasteiger partial charge in [-0.2, -0.15) is 0 Å². The fraction of sp³-hybridized carbons (Fsp3) is 0.111. The number of carbonyl (C=O) groups is 1. The smallest absolute Gasteiger partial charge is 0.337 e. The van der Waals surface area contributed by atoms with E-state index in [2.05, 4.69) is 4.98 Å². The Hall–Kier alpha value is -2.88. The van der Waals surface area contributed by atoms with E-state index >= 15 is 0 Å². The van der Waals surface area contributed by atoms with Crippen LogP contribution in [0.1, 0.15) is 21.6 Å². The predicted molar refractivity (Wildman–Crippen MR) is 85.4 cm³/mol. The normalized spacial score (nSPS) is 10.6. The van der Waals surface area contributed by atoms with Crippen LogP contribution in [0.4, 0.5) is 0 Å². The molecule has 0 saturated heterocycles. The van der Waals surface area contributed by atoms with Crippen LogP contribution in [-0.2, 0) is 0 Å². The van der Waals surface area contributed by atoms with Crippen molar-refractivity contribution < 1.29 is 9.90 Å². The van der Waals surface area contributed by atoms with Gasteiger partial charge in [0.15, 0.2) is 0 Å². The van der Waals surface area contributed by atoms with Crippen molar-refractivity contribution in [2.75, 3.05) is 0 Å². The molecule has 0 bridgehead atoms. The highest BCUT2D eigenvalue weighted by Gasteiger charge is 2.18. The molecule has 0 radical (unpaired) electrons. The van der Waals surface area contributed by atoms with E-state index in [1.54, 1.807) is 18.5 Å². The summed E-state index contributed by atoms with van der Waals surface area (Å²) in [5, 5.41) is 9.41. The molecule has 0 aliphatic heterocycles. The number of aromatic carboxylic acids is 1. The lowest BCUT2D eigenvalue weighted by molar-refractivity contribution is 0.0696. The van der Waals surface area contributed by atoms with E-state index in [9.17, 15) is 9.90 Å². The number of hydrogen-bond acceptors (Lipinski definition) is 2. The summed E-state index contributed by atoms with van der Waals surface area (Å²) in [5.41, 5.74) is 4.82. The van der Waals surface area contributed by atoms with Gasteiger partial charge in [0, 0.05) is 29.3 Å². The summed E-state index contributed by atoms with van der Waals surface area (Å²) < 4.78 is 1.96. The van der Waals surface area contributed by atoms with Crippen molar-refractivity contribution in [2.45, 2.75) is 13.8 Å². The third kappa shape index (κ3) is 2.39. The average molecular weight is 292 g/mol. The van der Waals surface area contributed by atoms with Crippen molar-refractivity contribution in [3.05, 3.63) is 71.7 Å². The van der Waals surface area contributed by atoms with Gasteiger partial charge >= 0.3 is 5.97 Å². The Morgan fingerprint density at radius 3 is 2.45 bits per heavy atom. The van der Waals surface area contributed by atoms with Crippen LogP contribution in [0.2, 0.25) is 0 Å². The standard InChI is InChI=1S/C18H16N2O2/c1-12-5-7-15(8-6-12)20-13(2)16(18(21)22)10-17(20)14-4-3-9-19-11-14/h3-11H,1-2H3,(H,21,22). The lowest BCUT2D eigenvalue weighted by Gasteiger charge is -2.12. The minimum absolute atomic E-state index is 0.305. The molecule has 2 heterocycles. The fourth-order valence-electron chi connectivity index (χ4n) is 2.58. The Kier molecular flexibility index (Phi) is 3.51. The summed E-state index contributed by atoms with van der Waals surface area (Å²) in [6.07, 6.45) is 3.44. The Bertz CT molecular complexity index is 818. The van der Waals surface area contributed by atoms with Crippen molar-refractivity contribution in [3.63, 3.8) is 0 Å². The molecule has 4 heteroatoms. The first kappa shape index (κ1) is 14.1. The Morgan fingerprint density at radius 2 is 1.86 bits per heavy atom. The van der Waals surface area contributed by atoms with Crippen molar-refractivity contribution in [3.8, 4) is 16.9 Å². The Morgan fingerprint density at radius 1 is 1.14 bits per heavy atom. The number of carboxylic acid groups (broad SMARTS) is 1. The van der Waals surface area contributed by atoms with Crippen molar-refractivity contribution >= 4 is 5.97 Å². The highest BCUT2D eigenvalue weighted by molar-refractivity contribution is 5.91. The number of pyridine rings is 1. The first-order valence-corrected chi connectivity index (χ1v) is 7.01. The average Bonchev–Trinajstić information content (AvgIpc) is 2.87.